The van der Waals surface area contributed by atoms with Gasteiger partial charge >= 0.3 is 11.9 Å². The fraction of sp³-hybridized carbons (Fsp3) is 0.935. The number of aliphatic hydroxyl groups excluding tert-OH is 10. The average Bonchev–Trinajstić information content (AvgIpc) is 3.08. The minimum atomic E-state index is -2.03. The summed E-state index contributed by atoms with van der Waals surface area (Å²) in [5.74, 6) is -3.25. The van der Waals surface area contributed by atoms with E-state index in [-0.39, 0.29) is 38.0 Å². The summed E-state index contributed by atoms with van der Waals surface area (Å²) in [6, 6.07) is 0. The Morgan fingerprint density at radius 3 is 1.76 bits per heavy atom. The summed E-state index contributed by atoms with van der Waals surface area (Å²) in [6.07, 6.45) is -24.1. The van der Waals surface area contributed by atoms with Crippen molar-refractivity contribution in [3.05, 3.63) is 0 Å². The van der Waals surface area contributed by atoms with Crippen molar-refractivity contribution >= 4 is 11.9 Å². The van der Waals surface area contributed by atoms with Gasteiger partial charge in [0.1, 0.15) is 68.1 Å². The van der Waals surface area contributed by atoms with Gasteiger partial charge in [-0.15, -0.1) is 0 Å². The zero-order valence-corrected chi connectivity index (χ0v) is 27.1. The maximum absolute atomic E-state index is 12.5. The number of aliphatic hydroxyl groups is 12. The van der Waals surface area contributed by atoms with Gasteiger partial charge in [-0.3, -0.25) is 4.79 Å². The molecule has 2 saturated carbocycles. The highest BCUT2D eigenvalue weighted by molar-refractivity contribution is 5.81. The molecule has 286 valence electrons. The number of carbonyl (C=O) groups is 2. The third kappa shape index (κ3) is 7.97. The molecule has 0 aromatic rings. The fourth-order valence-electron chi connectivity index (χ4n) is 8.05. The zero-order valence-electron chi connectivity index (χ0n) is 27.1. The van der Waals surface area contributed by atoms with Crippen LogP contribution in [-0.4, -0.2) is 191 Å². The molecule has 19 nitrogen and oxygen atoms in total. The second-order valence-corrected chi connectivity index (χ2v) is 14.4. The van der Waals surface area contributed by atoms with E-state index in [9.17, 15) is 60.7 Å². The van der Waals surface area contributed by atoms with Crippen LogP contribution in [-0.2, 0) is 38.0 Å². The van der Waals surface area contributed by atoms with E-state index in [4.69, 9.17) is 33.2 Å². The van der Waals surface area contributed by atoms with Crippen LogP contribution in [0.15, 0.2) is 0 Å². The molecule has 4 aliphatic heterocycles. The van der Waals surface area contributed by atoms with Crippen LogP contribution in [0, 0.1) is 11.8 Å². The molecule has 11 N–H and O–H groups in total. The Labute approximate surface area is 286 Å². The van der Waals surface area contributed by atoms with Gasteiger partial charge in [0.2, 0.25) is 0 Å². The highest BCUT2D eigenvalue weighted by Crippen LogP contribution is 2.44. The van der Waals surface area contributed by atoms with Gasteiger partial charge in [-0.2, -0.15) is 0 Å². The highest BCUT2D eigenvalue weighted by atomic mass is 16.7. The third-order valence-electron chi connectivity index (χ3n) is 10.9. The van der Waals surface area contributed by atoms with Crippen LogP contribution >= 0.6 is 0 Å². The van der Waals surface area contributed by atoms with E-state index < -0.39 is 148 Å². The van der Waals surface area contributed by atoms with E-state index in [1.807, 2.05) is 0 Å². The van der Waals surface area contributed by atoms with Gasteiger partial charge in [-0.1, -0.05) is 0 Å². The van der Waals surface area contributed by atoms with Crippen molar-refractivity contribution in [2.75, 3.05) is 13.2 Å². The number of rotatable bonds is 1. The molecule has 6 rings (SSSR count). The van der Waals surface area contributed by atoms with Gasteiger partial charge in [-0.25, -0.2) is 4.79 Å². The van der Waals surface area contributed by atoms with Crippen LogP contribution in [0.1, 0.15) is 44.9 Å². The van der Waals surface area contributed by atoms with E-state index in [0.717, 1.165) is 0 Å². The summed E-state index contributed by atoms with van der Waals surface area (Å²) >= 11 is 0. The molecule has 4 heterocycles. The molecule has 50 heavy (non-hydrogen) atoms. The number of fused-ring (bicyclic) bond motifs is 5. The van der Waals surface area contributed by atoms with E-state index in [0.29, 0.717) is 6.42 Å². The molecular weight excluding hydrogens is 676 g/mol. The van der Waals surface area contributed by atoms with Crippen LogP contribution < -0.4 is 0 Å². The van der Waals surface area contributed by atoms with Gasteiger partial charge in [0.05, 0.1) is 36.8 Å². The zero-order chi connectivity index (χ0) is 36.0. The summed E-state index contributed by atoms with van der Waals surface area (Å²) < 4.78 is 39.2. The van der Waals surface area contributed by atoms with E-state index >= 15 is 0 Å². The van der Waals surface area contributed by atoms with Crippen LogP contribution in [0.3, 0.4) is 0 Å². The Hall–Kier alpha value is -1.66. The number of ether oxygens (including phenoxy) is 7. The van der Waals surface area contributed by atoms with Gasteiger partial charge in [0.25, 0.3) is 0 Å². The summed E-state index contributed by atoms with van der Waals surface area (Å²) in [7, 11) is 0. The lowest BCUT2D eigenvalue weighted by molar-refractivity contribution is -0.367. The van der Waals surface area contributed by atoms with Gasteiger partial charge in [0, 0.05) is 18.8 Å². The monoisotopic (exact) mass is 725 g/mol. The number of carbonyl (C=O) groups excluding carboxylic acids is 2. The first-order valence-corrected chi connectivity index (χ1v) is 17.2. The quantitative estimate of drug-likeness (QED) is 0.0889. The Bertz CT molecular complexity index is 1180. The van der Waals surface area contributed by atoms with Crippen LogP contribution in [0.25, 0.3) is 0 Å². The predicted octanol–water partition coefficient (Wildman–Crippen LogP) is -5.82. The first-order chi connectivity index (χ1) is 23.7. The van der Waals surface area contributed by atoms with E-state index in [1.54, 1.807) is 0 Å². The topological polar surface area (TPSA) is 305 Å². The molecule has 6 aliphatic rings. The molecule has 0 radical (unpaired) electrons. The molecule has 0 amide bonds. The van der Waals surface area contributed by atoms with Gasteiger partial charge in [-0.05, 0) is 25.7 Å². The van der Waals surface area contributed by atoms with Gasteiger partial charge < -0.3 is 84.2 Å². The van der Waals surface area contributed by atoms with Crippen molar-refractivity contribution in [3.8, 4) is 0 Å². The number of esters is 2. The number of hydrogen-bond acceptors (Lipinski definition) is 18. The maximum Gasteiger partial charge on any atom is 0.335 e. The molecule has 9 unspecified atom stereocenters. The second-order valence-electron chi connectivity index (χ2n) is 14.4. The summed E-state index contributed by atoms with van der Waals surface area (Å²) in [5, 5.41) is 106. The Kier molecular flexibility index (Phi) is 12.0. The number of hydrogen-bond donors (Lipinski definition) is 10. The minimum Gasteiger partial charge on any atom is -0.463 e. The average molecular weight is 726 g/mol. The van der Waals surface area contributed by atoms with Gasteiger partial charge in [0.15, 0.2) is 30.9 Å². The first-order valence-electron chi connectivity index (χ1n) is 17.2. The molecule has 0 aromatic carbocycles. The largest absolute Gasteiger partial charge is 0.463 e. The summed E-state index contributed by atoms with van der Waals surface area (Å²) in [5.41, 5.74) is 0. The molecule has 4 saturated heterocycles. The van der Waals surface area contributed by atoms with Crippen molar-refractivity contribution in [1.29, 1.82) is 0 Å². The first kappa shape index (κ1) is 38.1. The minimum absolute atomic E-state index is 0.0420. The maximum atomic E-state index is 12.5. The van der Waals surface area contributed by atoms with Crippen LogP contribution in [0.5, 0.6) is 0 Å². The normalized spacial score (nSPS) is 52.7. The van der Waals surface area contributed by atoms with Crippen molar-refractivity contribution in [1.82, 2.24) is 0 Å². The lowest BCUT2D eigenvalue weighted by Crippen LogP contribution is -2.64. The molecule has 19 heteroatoms. The Morgan fingerprint density at radius 2 is 1.14 bits per heavy atom. The lowest BCUT2D eigenvalue weighted by atomic mass is 9.72. The van der Waals surface area contributed by atoms with E-state index in [2.05, 4.69) is 0 Å². The summed E-state index contributed by atoms with van der Waals surface area (Å²) in [4.78, 5) is 24.9. The standard InChI is InChI=1S/C31H48O19/c32-11-4-16-12-6-18(28(46-16)10-1-2-13(33)14(34)3-10)48-31-27(42)24(39)22(37)19(49-31)8-44-21(36)7-15(35)29(43)45-9-20-23(38)25(40)26(41)30(50-20)47-17(12)5-11/h10-20,22-28,30-35,37-42H,1-9H2/p+1/t10?,11?,12?,13?,14?,15-,16?,17?,18?,19+,20+,22+,23+,24-,25-,26+,27+,28?,30+,31+/m0/s1. The Morgan fingerprint density at radius 1 is 0.560 bits per heavy atom. The molecular formula is C31H49O19+. The molecule has 6 bridgehead atoms. The second kappa shape index (κ2) is 15.7. The van der Waals surface area contributed by atoms with Crippen LogP contribution in [0.2, 0.25) is 0 Å². The van der Waals surface area contributed by atoms with Crippen molar-refractivity contribution in [2.24, 2.45) is 11.8 Å². The third-order valence-corrected chi connectivity index (χ3v) is 10.9. The molecule has 0 aromatic heterocycles. The fourth-order valence-corrected chi connectivity index (χ4v) is 8.05. The SMILES string of the molecule is O=C1C[C@H](O)C(=O)OC[C@H]2O[C@@H](OC3CC(O)CC4[OH+]C(C5CCC(O)C(O)C5)C(CC34)O[C@@H]3O[C@H](CO1)[C@@H](O)[C@H](O)[C@H]3O)[C@H](O)[C@@H](O)[C@@H]2O. The molecule has 20 atom stereocenters. The molecule has 6 fully saturated rings. The number of cyclic esters (lactones) is 2. The highest BCUT2D eigenvalue weighted by Gasteiger charge is 2.57. The van der Waals surface area contributed by atoms with Crippen molar-refractivity contribution in [2.45, 2.75) is 155 Å². The smallest absolute Gasteiger partial charge is 0.335 e. The Balaban J connectivity index is 1.31. The molecule has 0 spiro atoms. The van der Waals surface area contributed by atoms with Crippen molar-refractivity contribution < 1.29 is 93.8 Å². The lowest BCUT2D eigenvalue weighted by Gasteiger charge is -2.50. The summed E-state index contributed by atoms with van der Waals surface area (Å²) in [6.45, 7) is -1.38. The molecule has 2 aliphatic carbocycles. The van der Waals surface area contributed by atoms with Crippen LogP contribution in [0.4, 0.5) is 0 Å². The van der Waals surface area contributed by atoms with E-state index in [1.165, 1.54) is 0 Å². The predicted molar refractivity (Wildman–Crippen MR) is 158 cm³/mol. The van der Waals surface area contributed by atoms with Crippen molar-refractivity contribution in [3.63, 3.8) is 0 Å².